The molecule has 4 heteroatoms. The molecule has 0 amide bonds. The van der Waals surface area contributed by atoms with Gasteiger partial charge in [0, 0.05) is 18.2 Å². The van der Waals surface area contributed by atoms with Crippen molar-refractivity contribution in [1.82, 2.24) is 5.32 Å². The van der Waals surface area contributed by atoms with Crippen LogP contribution >= 0.6 is 0 Å². The van der Waals surface area contributed by atoms with E-state index in [9.17, 15) is 9.50 Å². The van der Waals surface area contributed by atoms with E-state index in [1.54, 1.807) is 37.4 Å². The van der Waals surface area contributed by atoms with Gasteiger partial charge in [0.1, 0.15) is 17.3 Å². The first-order valence-corrected chi connectivity index (χ1v) is 6.45. The molecule has 0 heterocycles. The van der Waals surface area contributed by atoms with Crippen molar-refractivity contribution in [3.05, 3.63) is 59.4 Å². The van der Waals surface area contributed by atoms with Gasteiger partial charge in [-0.1, -0.05) is 12.1 Å². The van der Waals surface area contributed by atoms with E-state index in [0.717, 1.165) is 11.1 Å². The van der Waals surface area contributed by atoms with Crippen LogP contribution in [0.1, 0.15) is 24.1 Å². The fourth-order valence-corrected chi connectivity index (χ4v) is 1.96. The number of hydrogen-bond acceptors (Lipinski definition) is 3. The predicted molar refractivity (Wildman–Crippen MR) is 76.3 cm³/mol. The number of phenols is 1. The first kappa shape index (κ1) is 14.3. The quantitative estimate of drug-likeness (QED) is 0.879. The molecule has 0 aromatic heterocycles. The number of ether oxygens (including phenoxy) is 1. The Morgan fingerprint density at radius 2 is 1.90 bits per heavy atom. The molecule has 2 aromatic rings. The van der Waals surface area contributed by atoms with E-state index in [1.165, 1.54) is 12.1 Å². The minimum atomic E-state index is -0.244. The summed E-state index contributed by atoms with van der Waals surface area (Å²) in [5.74, 6) is 0.685. The third kappa shape index (κ3) is 3.48. The van der Waals surface area contributed by atoms with Crippen molar-refractivity contribution in [2.75, 3.05) is 7.11 Å². The second kappa shape index (κ2) is 6.39. The molecule has 0 radical (unpaired) electrons. The summed E-state index contributed by atoms with van der Waals surface area (Å²) < 4.78 is 18.0. The van der Waals surface area contributed by atoms with E-state index in [2.05, 4.69) is 5.32 Å². The second-order valence-corrected chi connectivity index (χ2v) is 4.65. The van der Waals surface area contributed by atoms with Crippen molar-refractivity contribution in [3.8, 4) is 11.5 Å². The number of benzene rings is 2. The van der Waals surface area contributed by atoms with Gasteiger partial charge in [0.25, 0.3) is 0 Å². The highest BCUT2D eigenvalue weighted by atomic mass is 19.1. The molecular weight excluding hydrogens is 257 g/mol. The lowest BCUT2D eigenvalue weighted by Gasteiger charge is -2.15. The minimum absolute atomic E-state index is 0.0567. The van der Waals surface area contributed by atoms with Gasteiger partial charge in [-0.2, -0.15) is 0 Å². The average molecular weight is 275 g/mol. The van der Waals surface area contributed by atoms with Gasteiger partial charge in [0.2, 0.25) is 0 Å². The van der Waals surface area contributed by atoms with Gasteiger partial charge in [0.05, 0.1) is 7.11 Å². The van der Waals surface area contributed by atoms with Crippen molar-refractivity contribution in [1.29, 1.82) is 0 Å². The number of hydrogen-bond donors (Lipinski definition) is 2. The number of methoxy groups -OCH3 is 1. The molecule has 3 nitrogen and oxygen atoms in total. The minimum Gasteiger partial charge on any atom is -0.508 e. The van der Waals surface area contributed by atoms with Crippen LogP contribution in [0.3, 0.4) is 0 Å². The molecule has 1 unspecified atom stereocenters. The largest absolute Gasteiger partial charge is 0.508 e. The Morgan fingerprint density at radius 3 is 2.55 bits per heavy atom. The molecule has 1 atom stereocenters. The maximum absolute atomic E-state index is 12.9. The molecular formula is C16H18FNO2. The van der Waals surface area contributed by atoms with Gasteiger partial charge in [-0.3, -0.25) is 0 Å². The standard InChI is InChI=1S/C16H18FNO2/c1-11(12-3-5-14(17)6-4-12)18-10-13-9-15(20-2)7-8-16(13)19/h3-9,11,18-19H,10H2,1-2H3. The third-order valence-corrected chi connectivity index (χ3v) is 3.26. The zero-order valence-corrected chi connectivity index (χ0v) is 11.6. The molecule has 0 fully saturated rings. The van der Waals surface area contributed by atoms with Gasteiger partial charge in [-0.25, -0.2) is 4.39 Å². The van der Waals surface area contributed by atoms with Crippen molar-refractivity contribution in [3.63, 3.8) is 0 Å². The molecule has 0 bridgehead atoms. The number of aromatic hydroxyl groups is 1. The summed E-state index contributed by atoms with van der Waals surface area (Å²) in [5.41, 5.74) is 1.76. The first-order valence-electron chi connectivity index (χ1n) is 6.45. The van der Waals surface area contributed by atoms with Gasteiger partial charge in [-0.05, 0) is 42.8 Å². The van der Waals surface area contributed by atoms with Crippen LogP contribution in [0.2, 0.25) is 0 Å². The van der Waals surface area contributed by atoms with Crippen LogP contribution in [0.25, 0.3) is 0 Å². The van der Waals surface area contributed by atoms with E-state index in [-0.39, 0.29) is 17.6 Å². The van der Waals surface area contributed by atoms with E-state index < -0.39 is 0 Å². The summed E-state index contributed by atoms with van der Waals surface area (Å²) in [6.45, 7) is 2.49. The van der Waals surface area contributed by atoms with Crippen LogP contribution in [-0.2, 0) is 6.54 Å². The molecule has 0 aliphatic carbocycles. The Hall–Kier alpha value is -2.07. The predicted octanol–water partition coefficient (Wildman–Crippen LogP) is 3.39. The lowest BCUT2D eigenvalue weighted by atomic mass is 10.1. The monoisotopic (exact) mass is 275 g/mol. The van der Waals surface area contributed by atoms with Crippen LogP contribution in [0.4, 0.5) is 4.39 Å². The second-order valence-electron chi connectivity index (χ2n) is 4.65. The molecule has 0 saturated carbocycles. The summed E-state index contributed by atoms with van der Waals surface area (Å²) in [4.78, 5) is 0. The van der Waals surface area contributed by atoms with E-state index in [1.807, 2.05) is 6.92 Å². The van der Waals surface area contributed by atoms with Crippen molar-refractivity contribution in [2.24, 2.45) is 0 Å². The maximum atomic E-state index is 12.9. The maximum Gasteiger partial charge on any atom is 0.123 e. The molecule has 0 aliphatic heterocycles. The smallest absolute Gasteiger partial charge is 0.123 e. The number of nitrogens with one attached hydrogen (secondary N) is 1. The molecule has 0 spiro atoms. The normalized spacial score (nSPS) is 12.2. The number of phenolic OH excluding ortho intramolecular Hbond substituents is 1. The Labute approximate surface area is 118 Å². The third-order valence-electron chi connectivity index (χ3n) is 3.26. The summed E-state index contributed by atoms with van der Waals surface area (Å²) in [7, 11) is 1.59. The Bertz CT molecular complexity index is 569. The lowest BCUT2D eigenvalue weighted by molar-refractivity contribution is 0.409. The fourth-order valence-electron chi connectivity index (χ4n) is 1.96. The van der Waals surface area contributed by atoms with E-state index >= 15 is 0 Å². The average Bonchev–Trinajstić information content (AvgIpc) is 2.47. The molecule has 106 valence electrons. The van der Waals surface area contributed by atoms with Crippen molar-refractivity contribution < 1.29 is 14.2 Å². The van der Waals surface area contributed by atoms with E-state index in [0.29, 0.717) is 12.3 Å². The molecule has 20 heavy (non-hydrogen) atoms. The van der Waals surface area contributed by atoms with Crippen LogP contribution in [0, 0.1) is 5.82 Å². The van der Waals surface area contributed by atoms with Crippen LogP contribution < -0.4 is 10.1 Å². The topological polar surface area (TPSA) is 41.5 Å². The summed E-state index contributed by atoms with van der Waals surface area (Å²) >= 11 is 0. The van der Waals surface area contributed by atoms with Gasteiger partial charge in [-0.15, -0.1) is 0 Å². The molecule has 2 rings (SSSR count). The summed E-state index contributed by atoms with van der Waals surface area (Å²) in [6.07, 6.45) is 0. The van der Waals surface area contributed by atoms with Gasteiger partial charge in [0.15, 0.2) is 0 Å². The van der Waals surface area contributed by atoms with Gasteiger partial charge >= 0.3 is 0 Å². The zero-order chi connectivity index (χ0) is 14.5. The van der Waals surface area contributed by atoms with Gasteiger partial charge < -0.3 is 15.2 Å². The van der Waals surface area contributed by atoms with Crippen LogP contribution in [0.15, 0.2) is 42.5 Å². The fraction of sp³-hybridized carbons (Fsp3) is 0.250. The summed E-state index contributed by atoms with van der Waals surface area (Å²) in [6, 6.07) is 11.5. The molecule has 0 aliphatic rings. The molecule has 2 aromatic carbocycles. The van der Waals surface area contributed by atoms with Crippen LogP contribution in [0.5, 0.6) is 11.5 Å². The Morgan fingerprint density at radius 1 is 1.20 bits per heavy atom. The highest BCUT2D eigenvalue weighted by Gasteiger charge is 2.08. The zero-order valence-electron chi connectivity index (χ0n) is 11.6. The van der Waals surface area contributed by atoms with E-state index in [4.69, 9.17) is 4.74 Å². The summed E-state index contributed by atoms with van der Waals surface area (Å²) in [5, 5.41) is 13.1. The first-order chi connectivity index (χ1) is 9.60. The highest BCUT2D eigenvalue weighted by molar-refractivity contribution is 5.39. The molecule has 2 N–H and O–H groups in total. The van der Waals surface area contributed by atoms with Crippen molar-refractivity contribution in [2.45, 2.75) is 19.5 Å². The Kier molecular flexibility index (Phi) is 4.58. The number of halogens is 1. The van der Waals surface area contributed by atoms with Crippen LogP contribution in [-0.4, -0.2) is 12.2 Å². The Balaban J connectivity index is 2.02. The lowest BCUT2D eigenvalue weighted by Crippen LogP contribution is -2.18. The highest BCUT2D eigenvalue weighted by Crippen LogP contribution is 2.23. The SMILES string of the molecule is COc1ccc(O)c(CNC(C)c2ccc(F)cc2)c1. The van der Waals surface area contributed by atoms with Crippen molar-refractivity contribution >= 4 is 0 Å². The molecule has 0 saturated heterocycles. The number of rotatable bonds is 5.